The van der Waals surface area contributed by atoms with E-state index in [4.69, 9.17) is 9.84 Å². The molecule has 0 saturated heterocycles. The van der Waals surface area contributed by atoms with Crippen molar-refractivity contribution in [1.29, 1.82) is 0 Å². The van der Waals surface area contributed by atoms with Gasteiger partial charge in [0.05, 0.1) is 0 Å². The average Bonchev–Trinajstić information content (AvgIpc) is 2.43. The molecule has 1 rings (SSSR count). The third kappa shape index (κ3) is 2.59. The van der Waals surface area contributed by atoms with Crippen LogP contribution in [0.15, 0.2) is 12.2 Å². The molecule has 0 aromatic heterocycles. The maximum Gasteiger partial charge on any atom is 0.418 e. The summed E-state index contributed by atoms with van der Waals surface area (Å²) in [7, 11) is 0. The van der Waals surface area contributed by atoms with Crippen molar-refractivity contribution in [2.75, 3.05) is 0 Å². The van der Waals surface area contributed by atoms with E-state index in [0.717, 1.165) is 12.2 Å². The van der Waals surface area contributed by atoms with Gasteiger partial charge in [0.1, 0.15) is 5.60 Å². The van der Waals surface area contributed by atoms with E-state index in [9.17, 15) is 14.4 Å². The number of hydrogen-bond acceptors (Lipinski definition) is 4. The Morgan fingerprint density at radius 1 is 1.44 bits per heavy atom. The highest BCUT2D eigenvalue weighted by molar-refractivity contribution is 6.05. The third-order valence-corrected chi connectivity index (χ3v) is 1.78. The van der Waals surface area contributed by atoms with Crippen LogP contribution in [0.1, 0.15) is 20.8 Å². The van der Waals surface area contributed by atoms with E-state index in [1.807, 2.05) is 0 Å². The molecule has 0 aromatic rings. The van der Waals surface area contributed by atoms with Crippen molar-refractivity contribution in [3.63, 3.8) is 0 Å². The second-order valence-electron chi connectivity index (χ2n) is 4.33. The van der Waals surface area contributed by atoms with E-state index >= 15 is 0 Å². The summed E-state index contributed by atoms with van der Waals surface area (Å²) < 4.78 is 4.94. The van der Waals surface area contributed by atoms with E-state index in [1.165, 1.54) is 0 Å². The number of hydrogen-bond donors (Lipinski definition) is 1. The molecular weight excluding hydrogens is 214 g/mol. The molecule has 1 aliphatic rings. The zero-order valence-corrected chi connectivity index (χ0v) is 9.26. The molecule has 6 nitrogen and oxygen atoms in total. The lowest BCUT2D eigenvalue weighted by Gasteiger charge is -2.25. The van der Waals surface area contributed by atoms with Crippen LogP contribution >= 0.6 is 0 Å². The molecule has 0 spiro atoms. The smallest absolute Gasteiger partial charge is 0.418 e. The number of carboxylic acids is 1. The Bertz CT molecular complexity index is 366. The number of carboxylic acid groups (broad SMARTS) is 1. The van der Waals surface area contributed by atoms with Crippen LogP contribution in [0.2, 0.25) is 0 Å². The van der Waals surface area contributed by atoms with Crippen LogP contribution in [0.4, 0.5) is 4.79 Å². The van der Waals surface area contributed by atoms with Crippen LogP contribution < -0.4 is 0 Å². The minimum atomic E-state index is -1.28. The van der Waals surface area contributed by atoms with Crippen LogP contribution in [0, 0.1) is 0 Å². The van der Waals surface area contributed by atoms with Crippen LogP contribution in [0.3, 0.4) is 0 Å². The number of aliphatic carboxylic acids is 1. The van der Waals surface area contributed by atoms with Gasteiger partial charge in [0.2, 0.25) is 0 Å². The number of ether oxygens (including phenoxy) is 1. The minimum Gasteiger partial charge on any atom is -0.479 e. The third-order valence-electron chi connectivity index (χ3n) is 1.78. The Morgan fingerprint density at radius 2 is 2.00 bits per heavy atom. The fourth-order valence-electron chi connectivity index (χ4n) is 1.18. The summed E-state index contributed by atoms with van der Waals surface area (Å²) in [5, 5.41) is 8.80. The minimum absolute atomic E-state index is 0.577. The van der Waals surface area contributed by atoms with Gasteiger partial charge in [-0.2, -0.15) is 0 Å². The van der Waals surface area contributed by atoms with Crippen molar-refractivity contribution in [1.82, 2.24) is 4.90 Å². The summed E-state index contributed by atoms with van der Waals surface area (Å²) in [5.41, 5.74) is -0.775. The molecule has 16 heavy (non-hydrogen) atoms. The van der Waals surface area contributed by atoms with Crippen LogP contribution in [-0.4, -0.2) is 39.6 Å². The highest BCUT2D eigenvalue weighted by atomic mass is 16.6. The molecule has 1 heterocycles. The molecule has 0 radical (unpaired) electrons. The van der Waals surface area contributed by atoms with E-state index in [1.54, 1.807) is 20.8 Å². The molecule has 1 aliphatic heterocycles. The Balaban J connectivity index is 2.82. The van der Waals surface area contributed by atoms with Gasteiger partial charge in [-0.25, -0.2) is 14.5 Å². The monoisotopic (exact) mass is 227 g/mol. The Morgan fingerprint density at radius 3 is 2.44 bits per heavy atom. The number of carbonyl (C=O) groups is 3. The summed E-state index contributed by atoms with van der Waals surface area (Å²) in [6.45, 7) is 4.90. The van der Waals surface area contributed by atoms with Crippen LogP contribution in [-0.2, 0) is 14.3 Å². The number of imide groups is 1. The van der Waals surface area contributed by atoms with E-state index < -0.39 is 29.6 Å². The van der Waals surface area contributed by atoms with Gasteiger partial charge in [0.25, 0.3) is 5.91 Å². The summed E-state index contributed by atoms with van der Waals surface area (Å²) in [4.78, 5) is 34.2. The topological polar surface area (TPSA) is 83.9 Å². The molecule has 0 fully saturated rings. The Kier molecular flexibility index (Phi) is 3.02. The highest BCUT2D eigenvalue weighted by Crippen LogP contribution is 2.17. The van der Waals surface area contributed by atoms with E-state index in [2.05, 4.69) is 0 Å². The van der Waals surface area contributed by atoms with Crippen LogP contribution in [0.5, 0.6) is 0 Å². The molecule has 6 heteroatoms. The molecule has 1 N–H and O–H groups in total. The largest absolute Gasteiger partial charge is 0.479 e. The SMILES string of the molecule is CC(C)(C)OC(=O)N1C(=O)C=C[C@H]1C(=O)O. The zero-order valence-electron chi connectivity index (χ0n) is 9.26. The van der Waals surface area contributed by atoms with Crippen molar-refractivity contribution < 1.29 is 24.2 Å². The highest BCUT2D eigenvalue weighted by Gasteiger charge is 2.38. The van der Waals surface area contributed by atoms with Gasteiger partial charge >= 0.3 is 12.1 Å². The fourth-order valence-corrected chi connectivity index (χ4v) is 1.18. The zero-order chi connectivity index (χ0) is 12.5. The number of rotatable bonds is 1. The summed E-state index contributed by atoms with van der Waals surface area (Å²) in [6.07, 6.45) is 1.24. The number of carbonyl (C=O) groups excluding carboxylic acids is 2. The summed E-state index contributed by atoms with van der Waals surface area (Å²) in [5.74, 6) is -1.95. The van der Waals surface area contributed by atoms with Crippen molar-refractivity contribution >= 4 is 18.0 Å². The van der Waals surface area contributed by atoms with Gasteiger partial charge in [-0.3, -0.25) is 4.79 Å². The van der Waals surface area contributed by atoms with Gasteiger partial charge in [-0.1, -0.05) is 0 Å². The van der Waals surface area contributed by atoms with E-state index in [0.29, 0.717) is 4.90 Å². The normalized spacial score (nSPS) is 20.1. The Labute approximate surface area is 92.5 Å². The van der Waals surface area contributed by atoms with Crippen molar-refractivity contribution in [2.45, 2.75) is 32.4 Å². The Hall–Kier alpha value is -1.85. The quantitative estimate of drug-likeness (QED) is 0.715. The second kappa shape index (κ2) is 3.96. The predicted molar refractivity (Wildman–Crippen MR) is 53.6 cm³/mol. The lowest BCUT2D eigenvalue weighted by molar-refractivity contribution is -0.144. The first-order valence-corrected chi connectivity index (χ1v) is 4.69. The van der Waals surface area contributed by atoms with Crippen molar-refractivity contribution in [3.05, 3.63) is 12.2 Å². The number of amides is 2. The maximum absolute atomic E-state index is 11.6. The molecule has 0 aromatic carbocycles. The van der Waals surface area contributed by atoms with Gasteiger partial charge in [-0.05, 0) is 26.8 Å². The molecule has 88 valence electrons. The maximum atomic E-state index is 11.6. The summed E-state index contributed by atoms with van der Waals surface area (Å²) >= 11 is 0. The van der Waals surface area contributed by atoms with Gasteiger partial charge < -0.3 is 9.84 Å². The van der Waals surface area contributed by atoms with Gasteiger partial charge in [-0.15, -0.1) is 0 Å². The average molecular weight is 227 g/mol. The molecule has 0 aliphatic carbocycles. The molecule has 2 amide bonds. The standard InChI is InChI=1S/C10H13NO5/c1-10(2,3)16-9(15)11-6(8(13)14)4-5-7(11)12/h4-6H,1-3H3,(H,13,14)/t6-/m0/s1. The fraction of sp³-hybridized carbons (Fsp3) is 0.500. The first kappa shape index (κ1) is 12.2. The second-order valence-corrected chi connectivity index (χ2v) is 4.33. The van der Waals surface area contributed by atoms with Crippen LogP contribution in [0.25, 0.3) is 0 Å². The number of nitrogens with zero attached hydrogens (tertiary/aromatic N) is 1. The lowest BCUT2D eigenvalue weighted by atomic mass is 10.2. The molecule has 0 bridgehead atoms. The molecule has 1 atom stereocenters. The molecule has 0 saturated carbocycles. The van der Waals surface area contributed by atoms with E-state index in [-0.39, 0.29) is 0 Å². The molecule has 0 unspecified atom stereocenters. The molecular formula is C10H13NO5. The first-order chi connectivity index (χ1) is 7.22. The van der Waals surface area contributed by atoms with Crippen molar-refractivity contribution in [2.24, 2.45) is 0 Å². The lowest BCUT2D eigenvalue weighted by Crippen LogP contribution is -2.45. The summed E-state index contributed by atoms with van der Waals surface area (Å²) in [6, 6.07) is -1.28. The van der Waals surface area contributed by atoms with Gasteiger partial charge in [0.15, 0.2) is 6.04 Å². The first-order valence-electron chi connectivity index (χ1n) is 4.69. The van der Waals surface area contributed by atoms with Crippen molar-refractivity contribution in [3.8, 4) is 0 Å². The predicted octanol–water partition coefficient (Wildman–Crippen LogP) is 0.773. The van der Waals surface area contributed by atoms with Gasteiger partial charge in [0, 0.05) is 6.08 Å².